The average molecular weight is 301 g/mol. The maximum atomic E-state index is 12.3. The number of hydrogen-bond acceptors (Lipinski definition) is 3. The molecule has 5 heteroatoms. The number of carbonyl (C=O) groups is 2. The molecule has 0 saturated carbocycles. The van der Waals surface area contributed by atoms with Gasteiger partial charge >= 0.3 is 12.1 Å². The maximum absolute atomic E-state index is 12.3. The Kier molecular flexibility index (Phi) is 4.13. The van der Waals surface area contributed by atoms with Gasteiger partial charge in [0.25, 0.3) is 0 Å². The van der Waals surface area contributed by atoms with Crippen molar-refractivity contribution in [2.24, 2.45) is 0 Å². The van der Waals surface area contributed by atoms with Gasteiger partial charge in [0.1, 0.15) is 6.61 Å². The van der Waals surface area contributed by atoms with Gasteiger partial charge in [-0.15, -0.1) is 0 Å². The predicted molar refractivity (Wildman–Crippen MR) is 80.2 cm³/mol. The largest absolute Gasteiger partial charge is 0.481 e. The van der Waals surface area contributed by atoms with Gasteiger partial charge in [0, 0.05) is 6.04 Å². The summed E-state index contributed by atoms with van der Waals surface area (Å²) in [7, 11) is 0. The fraction of sp³-hybridized carbons (Fsp3) is 0.412. The second-order valence-corrected chi connectivity index (χ2v) is 5.85. The number of benzene rings is 1. The Morgan fingerprint density at radius 2 is 2.00 bits per heavy atom. The highest BCUT2D eigenvalue weighted by Gasteiger charge is 2.40. The highest BCUT2D eigenvalue weighted by atomic mass is 16.6. The van der Waals surface area contributed by atoms with E-state index in [1.165, 1.54) is 0 Å². The SMILES string of the molecule is O=C(O)CC1=CC2CCC(C1)N2C(=O)OCc1ccccc1. The van der Waals surface area contributed by atoms with Crippen molar-refractivity contribution in [2.45, 2.75) is 44.4 Å². The van der Waals surface area contributed by atoms with Crippen molar-refractivity contribution in [1.29, 1.82) is 0 Å². The van der Waals surface area contributed by atoms with Gasteiger partial charge < -0.3 is 9.84 Å². The number of aliphatic carboxylic acids is 1. The van der Waals surface area contributed by atoms with Crippen molar-refractivity contribution in [3.63, 3.8) is 0 Å². The summed E-state index contributed by atoms with van der Waals surface area (Å²) in [6, 6.07) is 9.64. The third-order valence-corrected chi connectivity index (χ3v) is 4.27. The van der Waals surface area contributed by atoms with Crippen LogP contribution in [0.3, 0.4) is 0 Å². The predicted octanol–water partition coefficient (Wildman–Crippen LogP) is 2.96. The summed E-state index contributed by atoms with van der Waals surface area (Å²) in [6.07, 6.45) is 4.13. The lowest BCUT2D eigenvalue weighted by molar-refractivity contribution is -0.136. The van der Waals surface area contributed by atoms with Gasteiger partial charge in [-0.1, -0.05) is 42.0 Å². The van der Waals surface area contributed by atoms with Crippen molar-refractivity contribution in [3.05, 3.63) is 47.5 Å². The van der Waals surface area contributed by atoms with E-state index in [9.17, 15) is 9.59 Å². The summed E-state index contributed by atoms with van der Waals surface area (Å²) in [5.74, 6) is -0.814. The Morgan fingerprint density at radius 3 is 2.68 bits per heavy atom. The molecule has 5 nitrogen and oxygen atoms in total. The number of nitrogens with zero attached hydrogens (tertiary/aromatic N) is 1. The molecule has 2 aliphatic heterocycles. The van der Waals surface area contributed by atoms with Gasteiger partial charge in [-0.2, -0.15) is 0 Å². The summed E-state index contributed by atoms with van der Waals surface area (Å²) in [6.45, 7) is 0.265. The Labute approximate surface area is 129 Å². The molecule has 1 N–H and O–H groups in total. The van der Waals surface area contributed by atoms with E-state index in [4.69, 9.17) is 9.84 Å². The highest BCUT2D eigenvalue weighted by molar-refractivity contribution is 5.72. The molecule has 2 aliphatic rings. The first-order chi connectivity index (χ1) is 10.6. The Balaban J connectivity index is 1.62. The third-order valence-electron chi connectivity index (χ3n) is 4.27. The molecule has 2 heterocycles. The van der Waals surface area contributed by atoms with Crippen molar-refractivity contribution >= 4 is 12.1 Å². The minimum Gasteiger partial charge on any atom is -0.481 e. The first kappa shape index (κ1) is 14.6. The van der Waals surface area contributed by atoms with E-state index in [1.54, 1.807) is 4.90 Å². The maximum Gasteiger partial charge on any atom is 0.410 e. The quantitative estimate of drug-likeness (QED) is 0.868. The molecule has 1 aromatic carbocycles. The molecule has 1 fully saturated rings. The lowest BCUT2D eigenvalue weighted by Gasteiger charge is -2.32. The molecule has 0 spiro atoms. The monoisotopic (exact) mass is 301 g/mol. The molecule has 1 amide bonds. The lowest BCUT2D eigenvalue weighted by atomic mass is 9.99. The van der Waals surface area contributed by atoms with Gasteiger partial charge in [-0.25, -0.2) is 4.79 Å². The molecule has 0 aromatic heterocycles. The number of carboxylic acid groups (broad SMARTS) is 1. The minimum absolute atomic E-state index is 0.0172. The first-order valence-corrected chi connectivity index (χ1v) is 7.54. The molecule has 1 saturated heterocycles. The van der Waals surface area contributed by atoms with Crippen LogP contribution >= 0.6 is 0 Å². The zero-order valence-electron chi connectivity index (χ0n) is 12.3. The number of carboxylic acids is 1. The van der Waals surface area contributed by atoms with Crippen LogP contribution < -0.4 is 0 Å². The fourth-order valence-corrected chi connectivity index (χ4v) is 3.32. The van der Waals surface area contributed by atoms with Gasteiger partial charge in [0.2, 0.25) is 0 Å². The first-order valence-electron chi connectivity index (χ1n) is 7.54. The number of hydrogen-bond donors (Lipinski definition) is 1. The Bertz CT molecular complexity index is 596. The summed E-state index contributed by atoms with van der Waals surface area (Å²) < 4.78 is 5.41. The Hall–Kier alpha value is -2.30. The average Bonchev–Trinajstić information content (AvgIpc) is 2.77. The second-order valence-electron chi connectivity index (χ2n) is 5.85. The summed E-state index contributed by atoms with van der Waals surface area (Å²) in [5, 5.41) is 8.90. The fourth-order valence-electron chi connectivity index (χ4n) is 3.32. The molecule has 1 aromatic rings. The van der Waals surface area contributed by atoms with E-state index in [1.807, 2.05) is 36.4 Å². The summed E-state index contributed by atoms with van der Waals surface area (Å²) in [4.78, 5) is 24.9. The molecule has 22 heavy (non-hydrogen) atoms. The van der Waals surface area contributed by atoms with Crippen LogP contribution in [0.4, 0.5) is 4.79 Å². The van der Waals surface area contributed by atoms with Crippen molar-refractivity contribution < 1.29 is 19.4 Å². The van der Waals surface area contributed by atoms with Gasteiger partial charge in [-0.3, -0.25) is 9.69 Å². The molecular weight excluding hydrogens is 282 g/mol. The molecular formula is C17H19NO4. The molecule has 3 rings (SSSR count). The van der Waals surface area contributed by atoms with E-state index in [2.05, 4.69) is 0 Å². The molecule has 2 atom stereocenters. The molecule has 2 unspecified atom stereocenters. The van der Waals surface area contributed by atoms with Gasteiger partial charge in [-0.05, 0) is 24.8 Å². The van der Waals surface area contributed by atoms with E-state index in [0.717, 1.165) is 24.0 Å². The van der Waals surface area contributed by atoms with E-state index < -0.39 is 5.97 Å². The second kappa shape index (κ2) is 6.22. The minimum atomic E-state index is -0.814. The van der Waals surface area contributed by atoms with Gasteiger partial charge in [0.15, 0.2) is 0 Å². The van der Waals surface area contributed by atoms with Crippen LogP contribution in [0.2, 0.25) is 0 Å². The Morgan fingerprint density at radius 1 is 1.23 bits per heavy atom. The lowest BCUT2D eigenvalue weighted by Crippen LogP contribution is -2.43. The number of ether oxygens (including phenoxy) is 1. The van der Waals surface area contributed by atoms with Crippen molar-refractivity contribution in [1.82, 2.24) is 4.90 Å². The zero-order chi connectivity index (χ0) is 15.5. The van der Waals surface area contributed by atoms with E-state index in [0.29, 0.717) is 6.42 Å². The number of carbonyl (C=O) groups excluding carboxylic acids is 1. The number of fused-ring (bicyclic) bond motifs is 2. The summed E-state index contributed by atoms with van der Waals surface area (Å²) in [5.41, 5.74) is 1.88. The molecule has 2 bridgehead atoms. The zero-order valence-corrected chi connectivity index (χ0v) is 12.3. The normalized spacial score (nSPS) is 23.1. The van der Waals surface area contributed by atoms with E-state index in [-0.39, 0.29) is 31.2 Å². The van der Waals surface area contributed by atoms with Crippen LogP contribution in [0.15, 0.2) is 42.0 Å². The van der Waals surface area contributed by atoms with Crippen LogP contribution in [0.5, 0.6) is 0 Å². The van der Waals surface area contributed by atoms with Crippen LogP contribution in [0.25, 0.3) is 0 Å². The highest BCUT2D eigenvalue weighted by Crippen LogP contribution is 2.36. The topological polar surface area (TPSA) is 66.8 Å². The summed E-state index contributed by atoms with van der Waals surface area (Å²) >= 11 is 0. The molecule has 0 radical (unpaired) electrons. The van der Waals surface area contributed by atoms with Crippen LogP contribution in [-0.2, 0) is 16.1 Å². The van der Waals surface area contributed by atoms with Crippen LogP contribution in [0, 0.1) is 0 Å². The smallest absolute Gasteiger partial charge is 0.410 e. The number of rotatable bonds is 4. The molecule has 0 aliphatic carbocycles. The molecule has 116 valence electrons. The van der Waals surface area contributed by atoms with E-state index >= 15 is 0 Å². The van der Waals surface area contributed by atoms with Gasteiger partial charge in [0.05, 0.1) is 12.5 Å². The van der Waals surface area contributed by atoms with Crippen molar-refractivity contribution in [3.8, 4) is 0 Å². The van der Waals surface area contributed by atoms with Crippen molar-refractivity contribution in [2.75, 3.05) is 0 Å². The van der Waals surface area contributed by atoms with Crippen LogP contribution in [-0.4, -0.2) is 34.2 Å². The number of amides is 1. The van der Waals surface area contributed by atoms with Crippen LogP contribution in [0.1, 0.15) is 31.2 Å². The third kappa shape index (κ3) is 3.13. The standard InChI is InChI=1S/C17H19NO4/c19-16(20)10-13-8-14-6-7-15(9-13)18(14)17(21)22-11-12-4-2-1-3-5-12/h1-5,8,14-15H,6-7,9-11H2,(H,19,20).